The molecule has 142 valence electrons. The monoisotopic (exact) mass is 362 g/mol. The number of rotatable bonds is 2. The molecule has 26 heavy (non-hydrogen) atoms. The summed E-state index contributed by atoms with van der Waals surface area (Å²) < 4.78 is 16.1. The second-order valence-electron chi connectivity index (χ2n) is 7.71. The van der Waals surface area contributed by atoms with Crippen LogP contribution in [0.2, 0.25) is 0 Å². The van der Waals surface area contributed by atoms with E-state index in [0.29, 0.717) is 30.2 Å². The first-order valence-electron chi connectivity index (χ1n) is 8.89. The lowest BCUT2D eigenvalue weighted by atomic mass is 10.0. The predicted molar refractivity (Wildman–Crippen MR) is 95.5 cm³/mol. The van der Waals surface area contributed by atoms with Gasteiger partial charge in [0, 0.05) is 25.7 Å². The minimum Gasteiger partial charge on any atom is -0.454 e. The molecule has 0 aromatic heterocycles. The lowest BCUT2D eigenvalue weighted by molar-refractivity contribution is 0.0131. The molecule has 1 aromatic rings. The largest absolute Gasteiger partial charge is 0.454 e. The Hall–Kier alpha value is -2.44. The standard InChI is InChI=1S/C19H26N2O5/c1-19(2,3)26-18(23)20(4)14-6-5-9-21(11-14)17(22)13-7-8-15-16(10-13)25-12-24-15/h7-8,10,14H,5-6,9,11-12H2,1-4H3. The number of likely N-dealkylation sites (tertiary alicyclic amines) is 1. The maximum absolute atomic E-state index is 12.9. The number of benzene rings is 1. The SMILES string of the molecule is CN(C(=O)OC(C)(C)C)C1CCCN(C(=O)c2ccc3c(c2)OCO3)C1. The van der Waals surface area contributed by atoms with Gasteiger partial charge in [0.1, 0.15) is 5.60 Å². The van der Waals surface area contributed by atoms with Crippen molar-refractivity contribution in [1.82, 2.24) is 9.80 Å². The van der Waals surface area contributed by atoms with Gasteiger partial charge in [-0.3, -0.25) is 4.79 Å². The summed E-state index contributed by atoms with van der Waals surface area (Å²) in [5.74, 6) is 1.18. The first-order valence-corrected chi connectivity index (χ1v) is 8.89. The van der Waals surface area contributed by atoms with E-state index in [-0.39, 0.29) is 24.8 Å². The Morgan fingerprint density at radius 3 is 2.69 bits per heavy atom. The molecule has 2 aliphatic heterocycles. The van der Waals surface area contributed by atoms with Gasteiger partial charge in [-0.05, 0) is 51.8 Å². The lowest BCUT2D eigenvalue weighted by Gasteiger charge is -2.38. The van der Waals surface area contributed by atoms with Gasteiger partial charge in [-0.25, -0.2) is 4.79 Å². The van der Waals surface area contributed by atoms with Crippen molar-refractivity contribution in [2.75, 3.05) is 26.9 Å². The van der Waals surface area contributed by atoms with E-state index in [1.807, 2.05) is 20.8 Å². The van der Waals surface area contributed by atoms with Crippen LogP contribution in [-0.4, -0.2) is 60.4 Å². The van der Waals surface area contributed by atoms with Crippen LogP contribution in [0.5, 0.6) is 11.5 Å². The molecule has 2 heterocycles. The Balaban J connectivity index is 1.66. The molecule has 1 atom stereocenters. The Labute approximate surface area is 153 Å². The molecule has 1 fully saturated rings. The molecule has 7 heteroatoms. The Kier molecular flexibility index (Phi) is 4.98. The van der Waals surface area contributed by atoms with Gasteiger partial charge in [0.15, 0.2) is 11.5 Å². The van der Waals surface area contributed by atoms with Crippen LogP contribution in [0.1, 0.15) is 44.0 Å². The fraction of sp³-hybridized carbons (Fsp3) is 0.579. The van der Waals surface area contributed by atoms with Crippen molar-refractivity contribution in [2.45, 2.75) is 45.3 Å². The summed E-state index contributed by atoms with van der Waals surface area (Å²) in [5, 5.41) is 0. The predicted octanol–water partition coefficient (Wildman–Crippen LogP) is 2.89. The fourth-order valence-corrected chi connectivity index (χ4v) is 3.15. The van der Waals surface area contributed by atoms with E-state index >= 15 is 0 Å². The van der Waals surface area contributed by atoms with E-state index in [9.17, 15) is 9.59 Å². The van der Waals surface area contributed by atoms with Crippen molar-refractivity contribution in [1.29, 1.82) is 0 Å². The summed E-state index contributed by atoms with van der Waals surface area (Å²) in [5.41, 5.74) is 0.0250. The van der Waals surface area contributed by atoms with Gasteiger partial charge in [-0.15, -0.1) is 0 Å². The van der Waals surface area contributed by atoms with Gasteiger partial charge in [-0.1, -0.05) is 0 Å². The van der Waals surface area contributed by atoms with Gasteiger partial charge in [-0.2, -0.15) is 0 Å². The minimum absolute atomic E-state index is 0.0587. The van der Waals surface area contributed by atoms with Crippen LogP contribution in [0.4, 0.5) is 4.79 Å². The van der Waals surface area contributed by atoms with Crippen LogP contribution < -0.4 is 9.47 Å². The van der Waals surface area contributed by atoms with Gasteiger partial charge in [0.05, 0.1) is 6.04 Å². The normalized spacial score (nSPS) is 19.2. The van der Waals surface area contributed by atoms with Crippen LogP contribution in [0.3, 0.4) is 0 Å². The highest BCUT2D eigenvalue weighted by molar-refractivity contribution is 5.95. The highest BCUT2D eigenvalue weighted by atomic mass is 16.7. The van der Waals surface area contributed by atoms with Gasteiger partial charge >= 0.3 is 6.09 Å². The Morgan fingerprint density at radius 2 is 1.96 bits per heavy atom. The number of hydrogen-bond acceptors (Lipinski definition) is 5. The number of carbonyl (C=O) groups is 2. The summed E-state index contributed by atoms with van der Waals surface area (Å²) in [6.07, 6.45) is 1.33. The maximum atomic E-state index is 12.9. The number of nitrogens with zero attached hydrogens (tertiary/aromatic N) is 2. The number of fused-ring (bicyclic) bond motifs is 1. The lowest BCUT2D eigenvalue weighted by Crippen LogP contribution is -2.51. The molecule has 3 rings (SSSR count). The number of carbonyl (C=O) groups excluding carboxylic acids is 2. The van der Waals surface area contributed by atoms with Crippen molar-refractivity contribution >= 4 is 12.0 Å². The smallest absolute Gasteiger partial charge is 0.410 e. The van der Waals surface area contributed by atoms with Crippen molar-refractivity contribution in [3.8, 4) is 11.5 Å². The minimum atomic E-state index is -0.540. The number of hydrogen-bond donors (Lipinski definition) is 0. The fourth-order valence-electron chi connectivity index (χ4n) is 3.15. The van der Waals surface area contributed by atoms with Crippen molar-refractivity contribution in [3.63, 3.8) is 0 Å². The molecule has 0 radical (unpaired) electrons. The highest BCUT2D eigenvalue weighted by Crippen LogP contribution is 2.33. The van der Waals surface area contributed by atoms with Crippen molar-refractivity contribution in [3.05, 3.63) is 23.8 Å². The second-order valence-corrected chi connectivity index (χ2v) is 7.71. The van der Waals surface area contributed by atoms with Crippen LogP contribution in [-0.2, 0) is 4.74 Å². The quantitative estimate of drug-likeness (QED) is 0.809. The summed E-state index contributed by atoms with van der Waals surface area (Å²) in [7, 11) is 1.73. The molecule has 0 bridgehead atoms. The first kappa shape index (κ1) is 18.4. The molecule has 7 nitrogen and oxygen atoms in total. The van der Waals surface area contributed by atoms with Crippen molar-refractivity contribution in [2.24, 2.45) is 0 Å². The van der Waals surface area contributed by atoms with Crippen molar-refractivity contribution < 1.29 is 23.8 Å². The average molecular weight is 362 g/mol. The van der Waals surface area contributed by atoms with E-state index in [2.05, 4.69) is 0 Å². The van der Waals surface area contributed by atoms with E-state index < -0.39 is 5.60 Å². The van der Waals surface area contributed by atoms with E-state index in [4.69, 9.17) is 14.2 Å². The number of amides is 2. The molecule has 0 spiro atoms. The number of ether oxygens (including phenoxy) is 3. The summed E-state index contributed by atoms with van der Waals surface area (Å²) >= 11 is 0. The third kappa shape index (κ3) is 4.03. The van der Waals surface area contributed by atoms with Crippen LogP contribution in [0, 0.1) is 0 Å². The third-order valence-electron chi connectivity index (χ3n) is 4.53. The van der Waals surface area contributed by atoms with Gasteiger partial charge in [0.25, 0.3) is 5.91 Å². The zero-order chi connectivity index (χ0) is 18.9. The summed E-state index contributed by atoms with van der Waals surface area (Å²) in [6.45, 7) is 6.87. The van der Waals surface area contributed by atoms with Crippen LogP contribution in [0.15, 0.2) is 18.2 Å². The molecule has 0 aliphatic carbocycles. The van der Waals surface area contributed by atoms with E-state index in [0.717, 1.165) is 12.8 Å². The molecule has 1 aromatic carbocycles. The molecule has 2 amide bonds. The molecule has 0 saturated carbocycles. The Bertz CT molecular complexity index is 698. The number of likely N-dealkylation sites (N-methyl/N-ethyl adjacent to an activating group) is 1. The molecular formula is C19H26N2O5. The third-order valence-corrected chi connectivity index (χ3v) is 4.53. The maximum Gasteiger partial charge on any atom is 0.410 e. The topological polar surface area (TPSA) is 68.3 Å². The molecular weight excluding hydrogens is 336 g/mol. The van der Waals surface area contributed by atoms with E-state index in [1.165, 1.54) is 0 Å². The first-order chi connectivity index (χ1) is 12.2. The van der Waals surface area contributed by atoms with Crippen LogP contribution in [0.25, 0.3) is 0 Å². The average Bonchev–Trinajstić information content (AvgIpc) is 3.06. The highest BCUT2D eigenvalue weighted by Gasteiger charge is 2.31. The zero-order valence-electron chi connectivity index (χ0n) is 15.8. The second kappa shape index (κ2) is 7.05. The molecule has 1 unspecified atom stereocenters. The van der Waals surface area contributed by atoms with Gasteiger partial charge in [0.2, 0.25) is 6.79 Å². The zero-order valence-corrected chi connectivity index (χ0v) is 15.8. The van der Waals surface area contributed by atoms with Crippen LogP contribution >= 0.6 is 0 Å². The molecule has 0 N–H and O–H groups in total. The summed E-state index contributed by atoms with van der Waals surface area (Å²) in [6, 6.07) is 5.16. The number of piperidine rings is 1. The van der Waals surface area contributed by atoms with Gasteiger partial charge < -0.3 is 24.0 Å². The Morgan fingerprint density at radius 1 is 1.23 bits per heavy atom. The molecule has 1 saturated heterocycles. The van der Waals surface area contributed by atoms with E-state index in [1.54, 1.807) is 35.0 Å². The molecule has 2 aliphatic rings. The summed E-state index contributed by atoms with van der Waals surface area (Å²) in [4.78, 5) is 28.5.